The lowest BCUT2D eigenvalue weighted by molar-refractivity contribution is 0.164. The van der Waals surface area contributed by atoms with Gasteiger partial charge in [0.05, 0.1) is 13.2 Å². The first kappa shape index (κ1) is 11.1. The molecule has 5 heteroatoms. The van der Waals surface area contributed by atoms with E-state index < -0.39 is 0 Å². The molecule has 1 unspecified atom stereocenters. The van der Waals surface area contributed by atoms with Gasteiger partial charge in [0.25, 0.3) is 0 Å². The minimum atomic E-state index is -0.277. The number of nitrogens with one attached hydrogen (secondary N) is 1. The van der Waals surface area contributed by atoms with E-state index in [1.54, 1.807) is 13.2 Å². The van der Waals surface area contributed by atoms with Gasteiger partial charge in [-0.1, -0.05) is 0 Å². The summed E-state index contributed by atoms with van der Waals surface area (Å²) >= 11 is 0. The maximum absolute atomic E-state index is 9.71. The SMILES string of the molecule is COc1cc(NCC(O)C2CC2)nc(C)n1. The van der Waals surface area contributed by atoms with Crippen molar-refractivity contribution in [2.45, 2.75) is 25.9 Å². The number of aromatic nitrogens is 2. The number of hydrogen-bond acceptors (Lipinski definition) is 5. The van der Waals surface area contributed by atoms with Crippen molar-refractivity contribution >= 4 is 5.82 Å². The molecule has 1 atom stereocenters. The van der Waals surface area contributed by atoms with Crippen LogP contribution in [0.3, 0.4) is 0 Å². The van der Waals surface area contributed by atoms with Crippen LogP contribution < -0.4 is 10.1 Å². The maximum Gasteiger partial charge on any atom is 0.218 e. The van der Waals surface area contributed by atoms with Crippen molar-refractivity contribution in [2.75, 3.05) is 19.0 Å². The van der Waals surface area contributed by atoms with Crippen molar-refractivity contribution in [3.05, 3.63) is 11.9 Å². The Morgan fingerprint density at radius 2 is 2.31 bits per heavy atom. The van der Waals surface area contributed by atoms with Crippen molar-refractivity contribution in [3.8, 4) is 5.88 Å². The van der Waals surface area contributed by atoms with Crippen LogP contribution in [0.1, 0.15) is 18.7 Å². The van der Waals surface area contributed by atoms with Gasteiger partial charge < -0.3 is 15.2 Å². The molecule has 0 aromatic carbocycles. The van der Waals surface area contributed by atoms with Crippen molar-refractivity contribution in [3.63, 3.8) is 0 Å². The smallest absolute Gasteiger partial charge is 0.218 e. The van der Waals surface area contributed by atoms with E-state index in [1.807, 2.05) is 6.92 Å². The molecule has 0 saturated heterocycles. The number of aryl methyl sites for hydroxylation is 1. The molecule has 1 aliphatic rings. The van der Waals surface area contributed by atoms with Gasteiger partial charge in [0.15, 0.2) is 0 Å². The predicted octanol–water partition coefficient (Wildman–Crippen LogP) is 0.976. The number of rotatable bonds is 5. The normalized spacial score (nSPS) is 16.9. The van der Waals surface area contributed by atoms with Crippen molar-refractivity contribution in [1.29, 1.82) is 0 Å². The molecule has 1 heterocycles. The van der Waals surface area contributed by atoms with Crippen LogP contribution in [0.25, 0.3) is 0 Å². The molecule has 16 heavy (non-hydrogen) atoms. The highest BCUT2D eigenvalue weighted by Crippen LogP contribution is 2.32. The van der Waals surface area contributed by atoms with Crippen LogP contribution in [0.2, 0.25) is 0 Å². The van der Waals surface area contributed by atoms with Gasteiger partial charge in [-0.15, -0.1) is 0 Å². The largest absolute Gasteiger partial charge is 0.481 e. The van der Waals surface area contributed by atoms with E-state index in [0.717, 1.165) is 12.8 Å². The summed E-state index contributed by atoms with van der Waals surface area (Å²) in [5.41, 5.74) is 0. The Labute approximate surface area is 94.9 Å². The fourth-order valence-electron chi connectivity index (χ4n) is 1.59. The number of aliphatic hydroxyl groups is 1. The van der Waals surface area contributed by atoms with E-state index in [0.29, 0.717) is 30.0 Å². The first-order chi connectivity index (χ1) is 7.69. The lowest BCUT2D eigenvalue weighted by atomic mass is 10.2. The summed E-state index contributed by atoms with van der Waals surface area (Å²) in [4.78, 5) is 8.31. The van der Waals surface area contributed by atoms with Crippen LogP contribution in [0, 0.1) is 12.8 Å². The van der Waals surface area contributed by atoms with Crippen molar-refractivity contribution in [2.24, 2.45) is 5.92 Å². The molecule has 5 nitrogen and oxygen atoms in total. The Morgan fingerprint density at radius 1 is 1.56 bits per heavy atom. The summed E-state index contributed by atoms with van der Waals surface area (Å²) in [7, 11) is 1.57. The number of nitrogens with zero attached hydrogens (tertiary/aromatic N) is 2. The molecule has 88 valence electrons. The summed E-state index contributed by atoms with van der Waals surface area (Å²) in [6.07, 6.45) is 1.99. The molecule has 1 aliphatic carbocycles. The molecule has 2 N–H and O–H groups in total. The van der Waals surface area contributed by atoms with Gasteiger partial charge in [0, 0.05) is 12.6 Å². The van der Waals surface area contributed by atoms with Crippen LogP contribution >= 0.6 is 0 Å². The first-order valence-corrected chi connectivity index (χ1v) is 5.50. The molecular formula is C11H17N3O2. The van der Waals surface area contributed by atoms with Gasteiger partial charge in [-0.3, -0.25) is 0 Å². The van der Waals surface area contributed by atoms with Crippen LogP contribution in [0.4, 0.5) is 5.82 Å². The second-order valence-corrected chi connectivity index (χ2v) is 4.13. The predicted molar refractivity (Wildman–Crippen MR) is 60.5 cm³/mol. The van der Waals surface area contributed by atoms with Gasteiger partial charge in [-0.25, -0.2) is 4.98 Å². The highest BCUT2D eigenvalue weighted by molar-refractivity contribution is 5.38. The van der Waals surface area contributed by atoms with Crippen LogP contribution in [-0.4, -0.2) is 34.8 Å². The Hall–Kier alpha value is -1.36. The Kier molecular flexibility index (Phi) is 3.24. The minimum absolute atomic E-state index is 0.277. The van der Waals surface area contributed by atoms with Gasteiger partial charge in [-0.05, 0) is 25.7 Å². The highest BCUT2D eigenvalue weighted by atomic mass is 16.5. The van der Waals surface area contributed by atoms with Gasteiger partial charge >= 0.3 is 0 Å². The fraction of sp³-hybridized carbons (Fsp3) is 0.636. The number of anilines is 1. The first-order valence-electron chi connectivity index (χ1n) is 5.50. The Morgan fingerprint density at radius 3 is 2.94 bits per heavy atom. The lowest BCUT2D eigenvalue weighted by Gasteiger charge is -2.11. The molecule has 1 aromatic heterocycles. The topological polar surface area (TPSA) is 67.3 Å². The standard InChI is InChI=1S/C11H17N3O2/c1-7-13-10(5-11(14-7)16-2)12-6-9(15)8-3-4-8/h5,8-9,15H,3-4,6H2,1-2H3,(H,12,13,14). The van der Waals surface area contributed by atoms with E-state index in [1.165, 1.54) is 0 Å². The third-order valence-electron chi connectivity index (χ3n) is 2.68. The fourth-order valence-corrected chi connectivity index (χ4v) is 1.59. The summed E-state index contributed by atoms with van der Waals surface area (Å²) < 4.78 is 5.05. The zero-order chi connectivity index (χ0) is 11.5. The van der Waals surface area contributed by atoms with E-state index >= 15 is 0 Å². The summed E-state index contributed by atoms with van der Waals surface area (Å²) in [6, 6.07) is 1.73. The average molecular weight is 223 g/mol. The molecule has 0 bridgehead atoms. The Bertz CT molecular complexity index is 366. The minimum Gasteiger partial charge on any atom is -0.481 e. The second-order valence-electron chi connectivity index (χ2n) is 4.13. The quantitative estimate of drug-likeness (QED) is 0.778. The molecular weight excluding hydrogens is 206 g/mol. The molecule has 0 aliphatic heterocycles. The third-order valence-corrected chi connectivity index (χ3v) is 2.68. The van der Waals surface area contributed by atoms with Crippen molar-refractivity contribution < 1.29 is 9.84 Å². The third kappa shape index (κ3) is 2.82. The summed E-state index contributed by atoms with van der Waals surface area (Å²) in [6.45, 7) is 2.34. The zero-order valence-electron chi connectivity index (χ0n) is 9.60. The lowest BCUT2D eigenvalue weighted by Crippen LogP contribution is -2.22. The number of methoxy groups -OCH3 is 1. The molecule has 1 fully saturated rings. The number of hydrogen-bond donors (Lipinski definition) is 2. The molecule has 1 aromatic rings. The van der Waals surface area contributed by atoms with Gasteiger partial charge in [-0.2, -0.15) is 4.98 Å². The summed E-state index contributed by atoms with van der Waals surface area (Å²) in [5, 5.41) is 12.8. The maximum atomic E-state index is 9.71. The summed E-state index contributed by atoms with van der Waals surface area (Å²) in [5.74, 6) is 2.36. The second kappa shape index (κ2) is 4.65. The zero-order valence-corrected chi connectivity index (χ0v) is 9.60. The molecule has 0 amide bonds. The monoisotopic (exact) mass is 223 g/mol. The van der Waals surface area contributed by atoms with E-state index in [4.69, 9.17) is 4.74 Å². The molecule has 2 rings (SSSR count). The molecule has 1 saturated carbocycles. The van der Waals surface area contributed by atoms with Crippen LogP contribution in [0.15, 0.2) is 6.07 Å². The van der Waals surface area contributed by atoms with Gasteiger partial charge in [0.1, 0.15) is 11.6 Å². The van der Waals surface area contributed by atoms with E-state index in [2.05, 4.69) is 15.3 Å². The van der Waals surface area contributed by atoms with E-state index in [9.17, 15) is 5.11 Å². The van der Waals surface area contributed by atoms with E-state index in [-0.39, 0.29) is 6.10 Å². The Balaban J connectivity index is 1.94. The number of aliphatic hydroxyl groups excluding tert-OH is 1. The molecule has 0 radical (unpaired) electrons. The average Bonchev–Trinajstić information content (AvgIpc) is 3.08. The van der Waals surface area contributed by atoms with Crippen LogP contribution in [0.5, 0.6) is 5.88 Å². The van der Waals surface area contributed by atoms with Gasteiger partial charge in [0.2, 0.25) is 5.88 Å². The highest BCUT2D eigenvalue weighted by Gasteiger charge is 2.29. The van der Waals surface area contributed by atoms with Crippen LogP contribution in [-0.2, 0) is 0 Å². The molecule has 0 spiro atoms. The van der Waals surface area contributed by atoms with Crippen molar-refractivity contribution in [1.82, 2.24) is 9.97 Å². The number of ether oxygens (including phenoxy) is 1.